The monoisotopic (exact) mass is 161 g/mol. The first kappa shape index (κ1) is 8.65. The molecule has 0 fully saturated rings. The summed E-state index contributed by atoms with van der Waals surface area (Å²) >= 11 is 0. The number of nitrogens with zero attached hydrogens (tertiary/aromatic N) is 1. The molecule has 0 amide bonds. The highest BCUT2D eigenvalue weighted by atomic mass is 16.1. The van der Waals surface area contributed by atoms with Gasteiger partial charge in [0.05, 0.1) is 0 Å². The first-order valence-electron chi connectivity index (χ1n) is 3.92. The van der Waals surface area contributed by atoms with E-state index < -0.39 is 0 Å². The highest BCUT2D eigenvalue weighted by Crippen LogP contribution is 2.05. The maximum Gasteiger partial charge on any atom is 0.146 e. The molecule has 0 atom stereocenters. The normalized spacial score (nSPS) is 11.2. The number of allylic oxidation sites excluding steroid dienone is 1. The molecule has 12 heavy (non-hydrogen) atoms. The number of aldehydes is 1. The molecule has 0 spiro atoms. The van der Waals surface area contributed by atoms with Crippen LogP contribution in [0.3, 0.4) is 0 Å². The molecule has 0 aliphatic rings. The summed E-state index contributed by atoms with van der Waals surface area (Å²) in [6.07, 6.45) is 6.94. The average molecular weight is 161 g/mol. The number of hydrogen-bond acceptors (Lipinski definition) is 2. The Bertz CT molecular complexity index is 277. The molecule has 0 N–H and O–H groups in total. The fraction of sp³-hybridized carbons (Fsp3) is 0.200. The molecule has 1 rings (SSSR count). The first-order chi connectivity index (χ1) is 5.86. The third kappa shape index (κ3) is 2.31. The van der Waals surface area contributed by atoms with Crippen molar-refractivity contribution in [1.29, 1.82) is 0 Å². The summed E-state index contributed by atoms with van der Waals surface area (Å²) in [4.78, 5) is 14.4. The van der Waals surface area contributed by atoms with Crippen LogP contribution >= 0.6 is 0 Å². The molecule has 0 bridgehead atoms. The Morgan fingerprint density at radius 3 is 3.00 bits per heavy atom. The van der Waals surface area contributed by atoms with Gasteiger partial charge in [0.15, 0.2) is 0 Å². The minimum Gasteiger partial charge on any atom is -0.298 e. The number of carbonyl (C=O) groups is 1. The van der Waals surface area contributed by atoms with Gasteiger partial charge in [-0.05, 0) is 29.7 Å². The second-order valence-electron chi connectivity index (χ2n) is 2.48. The van der Waals surface area contributed by atoms with Crippen LogP contribution in [-0.4, -0.2) is 11.3 Å². The van der Waals surface area contributed by atoms with Gasteiger partial charge < -0.3 is 0 Å². The summed E-state index contributed by atoms with van der Waals surface area (Å²) in [5, 5.41) is 0. The maximum atomic E-state index is 10.5. The van der Waals surface area contributed by atoms with Crippen LogP contribution in [0.15, 0.2) is 30.1 Å². The largest absolute Gasteiger partial charge is 0.298 e. The molecule has 62 valence electrons. The molecule has 0 aliphatic heterocycles. The second-order valence-corrected chi connectivity index (χ2v) is 2.48. The lowest BCUT2D eigenvalue weighted by Gasteiger charge is -1.93. The predicted octanol–water partition coefficient (Wildman–Crippen LogP) is 2.07. The quantitative estimate of drug-likeness (QED) is 0.501. The molecule has 0 aliphatic carbocycles. The van der Waals surface area contributed by atoms with Crippen molar-refractivity contribution >= 4 is 12.4 Å². The molecule has 0 saturated carbocycles. The summed E-state index contributed by atoms with van der Waals surface area (Å²) in [7, 11) is 0. The Labute approximate surface area is 71.9 Å². The fourth-order valence-corrected chi connectivity index (χ4v) is 0.895. The Balaban J connectivity index is 2.86. The van der Waals surface area contributed by atoms with Crippen LogP contribution in [0, 0.1) is 0 Å². The molecule has 1 heterocycles. The highest BCUT2D eigenvalue weighted by Gasteiger charge is 1.91. The Morgan fingerprint density at radius 1 is 1.67 bits per heavy atom. The summed E-state index contributed by atoms with van der Waals surface area (Å²) in [5.41, 5.74) is 1.77. The second kappa shape index (κ2) is 4.44. The first-order valence-corrected chi connectivity index (χ1v) is 3.92. The summed E-state index contributed by atoms with van der Waals surface area (Å²) < 4.78 is 0. The van der Waals surface area contributed by atoms with E-state index in [1.807, 2.05) is 25.1 Å². The average Bonchev–Trinajstić information content (AvgIpc) is 2.16. The lowest BCUT2D eigenvalue weighted by molar-refractivity contribution is -0.104. The fourth-order valence-electron chi connectivity index (χ4n) is 0.895. The van der Waals surface area contributed by atoms with Crippen LogP contribution in [0.4, 0.5) is 0 Å². The van der Waals surface area contributed by atoms with Crippen LogP contribution in [-0.2, 0) is 4.79 Å². The van der Waals surface area contributed by atoms with Crippen molar-refractivity contribution in [2.24, 2.45) is 0 Å². The SMILES string of the molecule is CC/C(C=O)=C\c1cccnc1. The molecular formula is C10H11NO. The van der Waals surface area contributed by atoms with E-state index in [1.54, 1.807) is 12.4 Å². The smallest absolute Gasteiger partial charge is 0.146 e. The van der Waals surface area contributed by atoms with Gasteiger partial charge >= 0.3 is 0 Å². The lowest BCUT2D eigenvalue weighted by atomic mass is 10.1. The van der Waals surface area contributed by atoms with Crippen LogP contribution < -0.4 is 0 Å². The van der Waals surface area contributed by atoms with Crippen LogP contribution in [0.5, 0.6) is 0 Å². The third-order valence-electron chi connectivity index (χ3n) is 1.60. The van der Waals surface area contributed by atoms with E-state index in [9.17, 15) is 4.79 Å². The van der Waals surface area contributed by atoms with Gasteiger partial charge in [-0.15, -0.1) is 0 Å². The zero-order valence-electron chi connectivity index (χ0n) is 7.03. The number of carbonyl (C=O) groups excluding carboxylic acids is 1. The molecule has 0 aromatic carbocycles. The van der Waals surface area contributed by atoms with E-state index in [2.05, 4.69) is 4.98 Å². The Hall–Kier alpha value is -1.44. The van der Waals surface area contributed by atoms with Crippen LogP contribution in [0.1, 0.15) is 18.9 Å². The van der Waals surface area contributed by atoms with Crippen LogP contribution in [0.25, 0.3) is 6.08 Å². The highest BCUT2D eigenvalue weighted by molar-refractivity contribution is 5.81. The zero-order chi connectivity index (χ0) is 8.81. The van der Waals surface area contributed by atoms with Gasteiger partial charge in [0.1, 0.15) is 6.29 Å². The minimum absolute atomic E-state index is 0.762. The molecule has 0 saturated heterocycles. The van der Waals surface area contributed by atoms with Crippen molar-refractivity contribution in [3.8, 4) is 0 Å². The van der Waals surface area contributed by atoms with Gasteiger partial charge in [-0.2, -0.15) is 0 Å². The number of rotatable bonds is 3. The van der Waals surface area contributed by atoms with Crippen molar-refractivity contribution in [2.45, 2.75) is 13.3 Å². The van der Waals surface area contributed by atoms with E-state index in [0.717, 1.165) is 23.8 Å². The molecule has 1 aromatic heterocycles. The third-order valence-corrected chi connectivity index (χ3v) is 1.60. The minimum atomic E-state index is 0.762. The number of aromatic nitrogens is 1. The van der Waals surface area contributed by atoms with Crippen molar-refractivity contribution in [3.05, 3.63) is 35.7 Å². The van der Waals surface area contributed by atoms with Gasteiger partial charge in [-0.1, -0.05) is 13.0 Å². The molecule has 0 unspecified atom stereocenters. The van der Waals surface area contributed by atoms with Crippen molar-refractivity contribution < 1.29 is 4.79 Å². The van der Waals surface area contributed by atoms with E-state index in [1.165, 1.54) is 0 Å². The zero-order valence-corrected chi connectivity index (χ0v) is 7.03. The van der Waals surface area contributed by atoms with Gasteiger partial charge in [0, 0.05) is 12.4 Å². The topological polar surface area (TPSA) is 30.0 Å². The Morgan fingerprint density at radius 2 is 2.50 bits per heavy atom. The lowest BCUT2D eigenvalue weighted by Crippen LogP contribution is -1.82. The molecule has 2 nitrogen and oxygen atoms in total. The number of hydrogen-bond donors (Lipinski definition) is 0. The summed E-state index contributed by atoms with van der Waals surface area (Å²) in [6, 6.07) is 3.77. The van der Waals surface area contributed by atoms with E-state index in [4.69, 9.17) is 0 Å². The van der Waals surface area contributed by atoms with Gasteiger partial charge in [-0.3, -0.25) is 9.78 Å². The van der Waals surface area contributed by atoms with Crippen molar-refractivity contribution in [3.63, 3.8) is 0 Å². The van der Waals surface area contributed by atoms with Gasteiger partial charge in [-0.25, -0.2) is 0 Å². The summed E-state index contributed by atoms with van der Waals surface area (Å²) in [5.74, 6) is 0. The standard InChI is InChI=1S/C10H11NO/c1-2-9(8-12)6-10-4-3-5-11-7-10/h3-8H,2H2,1H3/b9-6+. The maximum absolute atomic E-state index is 10.5. The number of pyridine rings is 1. The summed E-state index contributed by atoms with van der Waals surface area (Å²) in [6.45, 7) is 1.95. The predicted molar refractivity (Wildman–Crippen MR) is 48.6 cm³/mol. The van der Waals surface area contributed by atoms with E-state index in [0.29, 0.717) is 0 Å². The van der Waals surface area contributed by atoms with E-state index >= 15 is 0 Å². The van der Waals surface area contributed by atoms with Gasteiger partial charge in [0.25, 0.3) is 0 Å². The Kier molecular flexibility index (Phi) is 3.20. The molecule has 2 heteroatoms. The van der Waals surface area contributed by atoms with E-state index in [-0.39, 0.29) is 0 Å². The van der Waals surface area contributed by atoms with Crippen LogP contribution in [0.2, 0.25) is 0 Å². The molecular weight excluding hydrogens is 150 g/mol. The van der Waals surface area contributed by atoms with Crippen molar-refractivity contribution in [1.82, 2.24) is 4.98 Å². The van der Waals surface area contributed by atoms with Crippen molar-refractivity contribution in [2.75, 3.05) is 0 Å². The molecule has 0 radical (unpaired) electrons. The van der Waals surface area contributed by atoms with Gasteiger partial charge in [0.2, 0.25) is 0 Å². The molecule has 1 aromatic rings.